The summed E-state index contributed by atoms with van der Waals surface area (Å²) in [6.07, 6.45) is 6.84. The number of hydrogen-bond acceptors (Lipinski definition) is 15. The van der Waals surface area contributed by atoms with Crippen LogP contribution in [0.4, 0.5) is 0 Å². The van der Waals surface area contributed by atoms with Gasteiger partial charge in [-0.2, -0.15) is 0 Å². The minimum Gasteiger partial charge on any atom is -0.497 e. The molecule has 0 aliphatic heterocycles. The lowest BCUT2D eigenvalue weighted by atomic mass is 10.2. The van der Waals surface area contributed by atoms with Gasteiger partial charge in [0.15, 0.2) is 22.0 Å². The van der Waals surface area contributed by atoms with E-state index in [4.69, 9.17) is 24.1 Å². The molecule has 4 aromatic heterocycles. The second kappa shape index (κ2) is 20.9. The summed E-state index contributed by atoms with van der Waals surface area (Å²) in [4.78, 5) is 31.2. The highest BCUT2D eigenvalue weighted by Gasteiger charge is 2.19. The van der Waals surface area contributed by atoms with Gasteiger partial charge in [0.25, 0.3) is 0 Å². The summed E-state index contributed by atoms with van der Waals surface area (Å²) in [6.45, 7) is 1.93. The van der Waals surface area contributed by atoms with Crippen LogP contribution in [-0.4, -0.2) is 103 Å². The van der Waals surface area contributed by atoms with Crippen LogP contribution in [0.2, 0.25) is 0 Å². The zero-order chi connectivity index (χ0) is 38.0. The zero-order valence-electron chi connectivity index (χ0n) is 29.6. The summed E-state index contributed by atoms with van der Waals surface area (Å²) < 4.78 is 23.6. The Labute approximate surface area is 314 Å². The number of hydrogen-bond donors (Lipinski definition) is 1. The Balaban J connectivity index is 0.000000220. The van der Waals surface area contributed by atoms with Crippen LogP contribution in [-0.2, 0) is 19.1 Å². The number of nitrogens with zero attached hydrogens (tertiary/aromatic N) is 8. The molecule has 0 fully saturated rings. The molecule has 15 nitrogen and oxygen atoms in total. The second-order valence-electron chi connectivity index (χ2n) is 10.2. The molecule has 0 unspecified atom stereocenters. The Morgan fingerprint density at radius 1 is 0.623 bits per heavy atom. The van der Waals surface area contributed by atoms with Crippen molar-refractivity contribution in [2.75, 3.05) is 46.6 Å². The maximum atomic E-state index is 11.5. The fraction of sp³-hybridized carbons (Fsp3) is 0.222. The number of pyridine rings is 2. The van der Waals surface area contributed by atoms with Gasteiger partial charge in [0, 0.05) is 53.9 Å². The Hall–Kier alpha value is -5.78. The number of carbonyl (C=O) groups is 2. The van der Waals surface area contributed by atoms with Crippen molar-refractivity contribution < 1.29 is 33.6 Å². The average Bonchev–Trinajstić information content (AvgIpc) is 3.85. The predicted molar refractivity (Wildman–Crippen MR) is 201 cm³/mol. The monoisotopic (exact) mass is 758 g/mol. The minimum absolute atomic E-state index is 0.151. The number of thioether (sulfide) groups is 2. The number of methoxy groups -OCH3 is 4. The van der Waals surface area contributed by atoms with E-state index in [0.29, 0.717) is 22.0 Å². The molecular weight excluding hydrogens is 721 g/mol. The van der Waals surface area contributed by atoms with Gasteiger partial charge in [0.05, 0.1) is 39.9 Å². The molecule has 17 heteroatoms. The topological polar surface area (TPSA) is 178 Å². The second-order valence-corrected chi connectivity index (χ2v) is 12.1. The molecule has 0 atom stereocenters. The van der Waals surface area contributed by atoms with E-state index in [0.717, 1.165) is 34.0 Å². The maximum Gasteiger partial charge on any atom is 0.316 e. The van der Waals surface area contributed by atoms with Gasteiger partial charge in [-0.05, 0) is 79.7 Å². The molecule has 0 amide bonds. The van der Waals surface area contributed by atoms with E-state index < -0.39 is 0 Å². The molecule has 1 N–H and O–H groups in total. The third-order valence-electron chi connectivity index (χ3n) is 6.86. The van der Waals surface area contributed by atoms with Crippen LogP contribution in [0.15, 0.2) is 108 Å². The first-order chi connectivity index (χ1) is 25.9. The number of rotatable bonds is 12. The van der Waals surface area contributed by atoms with E-state index >= 15 is 0 Å². The lowest BCUT2D eigenvalue weighted by Crippen LogP contribution is -2.05. The highest BCUT2D eigenvalue weighted by Crippen LogP contribution is 2.30. The molecular formula is C36H38N8O7S2. The van der Waals surface area contributed by atoms with Gasteiger partial charge < -0.3 is 24.1 Å². The van der Waals surface area contributed by atoms with E-state index in [-0.39, 0.29) is 30.1 Å². The van der Waals surface area contributed by atoms with Crippen molar-refractivity contribution in [3.05, 3.63) is 97.6 Å². The highest BCUT2D eigenvalue weighted by atomic mass is 32.2. The number of carbonyl (C=O) groups excluding carboxylic acids is 2. The van der Waals surface area contributed by atoms with Gasteiger partial charge >= 0.3 is 11.9 Å². The lowest BCUT2D eigenvalue weighted by Gasteiger charge is -2.10. The third-order valence-corrected chi connectivity index (χ3v) is 8.67. The van der Waals surface area contributed by atoms with Crippen molar-refractivity contribution in [1.82, 2.24) is 39.5 Å². The minimum atomic E-state index is -0.322. The molecule has 0 spiro atoms. The molecule has 0 bridgehead atoms. The quantitative estimate of drug-likeness (QED) is 0.127. The van der Waals surface area contributed by atoms with Gasteiger partial charge in [-0.25, -0.2) is 0 Å². The first-order valence-electron chi connectivity index (χ1n) is 15.9. The predicted octanol–water partition coefficient (Wildman–Crippen LogP) is 5.20. The van der Waals surface area contributed by atoms with Gasteiger partial charge in [-0.1, -0.05) is 23.5 Å². The largest absolute Gasteiger partial charge is 0.497 e. The Kier molecular flexibility index (Phi) is 15.8. The first kappa shape index (κ1) is 40.0. The zero-order valence-corrected chi connectivity index (χ0v) is 31.3. The van der Waals surface area contributed by atoms with Gasteiger partial charge in [0.2, 0.25) is 0 Å². The summed E-state index contributed by atoms with van der Waals surface area (Å²) in [5, 5.41) is 25.8. The average molecular weight is 759 g/mol. The van der Waals surface area contributed by atoms with Crippen molar-refractivity contribution in [2.24, 2.45) is 0 Å². The summed E-state index contributed by atoms with van der Waals surface area (Å²) in [7, 11) is 5.95. The molecule has 0 saturated heterocycles. The third kappa shape index (κ3) is 11.1. The van der Waals surface area contributed by atoms with E-state index in [9.17, 15) is 9.59 Å². The fourth-order valence-electron chi connectivity index (χ4n) is 4.38. The SMILES string of the molecule is CCO.COC(=O)CSc1nnc(-c2cccnc2)n1-c1ccc(OC)cc1.COC(=O)CSc1nnc(-c2cccnc2)n1-c1ccc(OC)cc1. The summed E-state index contributed by atoms with van der Waals surface area (Å²) >= 11 is 2.53. The number of esters is 2. The van der Waals surface area contributed by atoms with Crippen LogP contribution < -0.4 is 9.47 Å². The molecule has 53 heavy (non-hydrogen) atoms. The van der Waals surface area contributed by atoms with Crippen LogP contribution in [0.1, 0.15) is 6.92 Å². The normalized spacial score (nSPS) is 10.2. The van der Waals surface area contributed by atoms with Crippen molar-refractivity contribution in [3.8, 4) is 45.6 Å². The van der Waals surface area contributed by atoms with Crippen LogP contribution in [0.3, 0.4) is 0 Å². The highest BCUT2D eigenvalue weighted by molar-refractivity contribution is 8.00. The van der Waals surface area contributed by atoms with E-state index in [1.807, 2.05) is 81.9 Å². The van der Waals surface area contributed by atoms with Crippen molar-refractivity contribution in [3.63, 3.8) is 0 Å². The van der Waals surface area contributed by atoms with Crippen LogP contribution in [0, 0.1) is 0 Å². The standard InChI is InChI=1S/2C17H16N4O3S.C2H6O/c2*1-23-14-7-5-13(6-8-14)21-16(12-4-3-9-18-10-12)19-20-17(21)25-11-15(22)24-2;1-2-3/h2*3-10H,11H2,1-2H3;3H,2H2,1H3. The number of aromatic nitrogens is 8. The summed E-state index contributed by atoms with van der Waals surface area (Å²) in [5.74, 6) is 2.45. The van der Waals surface area contributed by atoms with Crippen LogP contribution in [0.25, 0.3) is 34.2 Å². The van der Waals surface area contributed by atoms with Gasteiger partial charge in [-0.15, -0.1) is 20.4 Å². The smallest absolute Gasteiger partial charge is 0.316 e. The molecule has 0 saturated carbocycles. The van der Waals surface area contributed by atoms with Crippen molar-refractivity contribution >= 4 is 35.5 Å². The van der Waals surface area contributed by atoms with E-state index in [2.05, 4.69) is 30.4 Å². The maximum absolute atomic E-state index is 11.5. The molecule has 2 aromatic carbocycles. The molecule has 4 heterocycles. The number of aliphatic hydroxyl groups excluding tert-OH is 1. The van der Waals surface area contributed by atoms with E-state index in [1.54, 1.807) is 45.9 Å². The number of aliphatic hydroxyl groups is 1. The summed E-state index contributed by atoms with van der Waals surface area (Å²) in [5.41, 5.74) is 3.38. The van der Waals surface area contributed by atoms with E-state index in [1.165, 1.54) is 37.7 Å². The molecule has 6 aromatic rings. The lowest BCUT2D eigenvalue weighted by molar-refractivity contribution is -0.138. The van der Waals surface area contributed by atoms with Gasteiger partial charge in [0.1, 0.15) is 11.5 Å². The summed E-state index contributed by atoms with van der Waals surface area (Å²) in [6, 6.07) is 22.6. The molecule has 0 aliphatic carbocycles. The fourth-order valence-corrected chi connectivity index (χ4v) is 5.95. The molecule has 276 valence electrons. The van der Waals surface area contributed by atoms with Gasteiger partial charge in [-0.3, -0.25) is 28.7 Å². The Bertz CT molecular complexity index is 1870. The van der Waals surface area contributed by atoms with Crippen molar-refractivity contribution in [1.29, 1.82) is 0 Å². The Morgan fingerprint density at radius 2 is 1.00 bits per heavy atom. The van der Waals surface area contributed by atoms with Crippen LogP contribution >= 0.6 is 23.5 Å². The molecule has 6 rings (SSSR count). The number of benzene rings is 2. The Morgan fingerprint density at radius 3 is 1.30 bits per heavy atom. The first-order valence-corrected chi connectivity index (χ1v) is 17.8. The molecule has 0 radical (unpaired) electrons. The van der Waals surface area contributed by atoms with Crippen molar-refractivity contribution in [2.45, 2.75) is 17.2 Å². The molecule has 0 aliphatic rings. The van der Waals surface area contributed by atoms with Crippen LogP contribution in [0.5, 0.6) is 11.5 Å². The number of ether oxygens (including phenoxy) is 4.